The van der Waals surface area contributed by atoms with Gasteiger partial charge in [0.15, 0.2) is 12.5 Å². The van der Waals surface area contributed by atoms with Crippen LogP contribution >= 0.6 is 0 Å². The summed E-state index contributed by atoms with van der Waals surface area (Å²) in [5, 5.41) is 9.42. The molecule has 0 aliphatic carbocycles. The van der Waals surface area contributed by atoms with Crippen LogP contribution in [-0.4, -0.2) is 22.7 Å². The number of benzene rings is 1. The lowest BCUT2D eigenvalue weighted by atomic mass is 10.3. The molecule has 2 rings (SSSR count). The predicted molar refractivity (Wildman–Crippen MR) is 51.4 cm³/mol. The Morgan fingerprint density at radius 1 is 1.43 bits per heavy atom. The van der Waals surface area contributed by atoms with Crippen LogP contribution in [0.25, 0.3) is 10.9 Å². The van der Waals surface area contributed by atoms with Gasteiger partial charge < -0.3 is 14.8 Å². The number of carbonyl (C=O) groups is 1. The summed E-state index contributed by atoms with van der Waals surface area (Å²) in [6.45, 7) is -0.327. The molecule has 2 N–H and O–H groups in total. The summed E-state index contributed by atoms with van der Waals surface area (Å²) in [7, 11) is 0. The quantitative estimate of drug-likeness (QED) is 0.775. The lowest BCUT2D eigenvalue weighted by Gasteiger charge is -1.96. The van der Waals surface area contributed by atoms with Gasteiger partial charge in [-0.05, 0) is 6.07 Å². The second-order valence-electron chi connectivity index (χ2n) is 2.90. The maximum atomic E-state index is 10.2. The summed E-state index contributed by atoms with van der Waals surface area (Å²) in [5.41, 5.74) is 0.938. The third-order valence-corrected chi connectivity index (χ3v) is 1.86. The fourth-order valence-electron chi connectivity index (χ4n) is 1.26. The van der Waals surface area contributed by atoms with Crippen LogP contribution in [-0.2, 0) is 4.79 Å². The first-order valence-electron chi connectivity index (χ1n) is 4.18. The van der Waals surface area contributed by atoms with Crippen molar-refractivity contribution in [2.45, 2.75) is 0 Å². The van der Waals surface area contributed by atoms with E-state index in [0.717, 1.165) is 10.9 Å². The molecule has 4 heteroatoms. The Hall–Kier alpha value is -1.97. The van der Waals surface area contributed by atoms with Crippen molar-refractivity contribution in [3.63, 3.8) is 0 Å². The number of rotatable bonds is 3. The Labute approximate surface area is 80.1 Å². The van der Waals surface area contributed by atoms with Gasteiger partial charge in [0.2, 0.25) is 0 Å². The molecule has 0 atom stereocenters. The van der Waals surface area contributed by atoms with Crippen LogP contribution in [0.2, 0.25) is 0 Å². The molecular formula is C10H9NO3. The van der Waals surface area contributed by atoms with E-state index in [1.807, 2.05) is 24.3 Å². The van der Waals surface area contributed by atoms with Crippen molar-refractivity contribution in [3.05, 3.63) is 30.3 Å². The molecule has 72 valence electrons. The number of aromatic nitrogens is 1. The minimum Gasteiger partial charge on any atom is -0.479 e. The minimum atomic E-state index is -0.983. The fraction of sp³-hybridized carbons (Fsp3) is 0.100. The normalized spacial score (nSPS) is 10.3. The molecule has 0 saturated carbocycles. The number of para-hydroxylation sites is 1. The zero-order valence-electron chi connectivity index (χ0n) is 7.36. The Morgan fingerprint density at radius 3 is 2.93 bits per heavy atom. The van der Waals surface area contributed by atoms with E-state index in [1.54, 1.807) is 6.07 Å². The molecule has 0 spiro atoms. The number of carboxylic acid groups (broad SMARTS) is 1. The number of aliphatic carboxylic acids is 1. The van der Waals surface area contributed by atoms with Crippen molar-refractivity contribution in [2.24, 2.45) is 0 Å². The number of ether oxygens (including phenoxy) is 1. The van der Waals surface area contributed by atoms with Gasteiger partial charge in [0.1, 0.15) is 0 Å². The van der Waals surface area contributed by atoms with E-state index in [2.05, 4.69) is 4.98 Å². The van der Waals surface area contributed by atoms with E-state index in [4.69, 9.17) is 9.84 Å². The lowest BCUT2D eigenvalue weighted by molar-refractivity contribution is -0.139. The smallest absolute Gasteiger partial charge is 0.341 e. The average molecular weight is 191 g/mol. The van der Waals surface area contributed by atoms with Gasteiger partial charge in [-0.2, -0.15) is 0 Å². The molecule has 14 heavy (non-hydrogen) atoms. The summed E-state index contributed by atoms with van der Waals surface area (Å²) >= 11 is 0. The molecule has 0 fully saturated rings. The first-order valence-corrected chi connectivity index (χ1v) is 4.18. The number of hydrogen-bond acceptors (Lipinski definition) is 2. The third kappa shape index (κ3) is 1.69. The predicted octanol–water partition coefficient (Wildman–Crippen LogP) is 1.63. The van der Waals surface area contributed by atoms with E-state index < -0.39 is 5.97 Å². The summed E-state index contributed by atoms with van der Waals surface area (Å²) < 4.78 is 5.00. The Bertz CT molecular complexity index is 428. The van der Waals surface area contributed by atoms with Gasteiger partial charge in [-0.1, -0.05) is 18.2 Å². The second-order valence-corrected chi connectivity index (χ2v) is 2.90. The van der Waals surface area contributed by atoms with Crippen molar-refractivity contribution in [1.29, 1.82) is 0 Å². The molecule has 1 aromatic heterocycles. The highest BCUT2D eigenvalue weighted by molar-refractivity contribution is 5.81. The van der Waals surface area contributed by atoms with Crippen LogP contribution < -0.4 is 4.74 Å². The van der Waals surface area contributed by atoms with Crippen molar-refractivity contribution in [2.75, 3.05) is 6.61 Å². The molecule has 1 aromatic carbocycles. The largest absolute Gasteiger partial charge is 0.479 e. The van der Waals surface area contributed by atoms with Crippen LogP contribution in [0.5, 0.6) is 5.88 Å². The number of hydrogen-bond donors (Lipinski definition) is 2. The Morgan fingerprint density at radius 2 is 2.21 bits per heavy atom. The van der Waals surface area contributed by atoms with Crippen molar-refractivity contribution in [3.8, 4) is 5.88 Å². The minimum absolute atomic E-state index is 0.327. The van der Waals surface area contributed by atoms with E-state index in [9.17, 15) is 4.79 Å². The highest BCUT2D eigenvalue weighted by atomic mass is 16.5. The van der Waals surface area contributed by atoms with Gasteiger partial charge in [-0.25, -0.2) is 4.79 Å². The van der Waals surface area contributed by atoms with Crippen LogP contribution in [0.3, 0.4) is 0 Å². The molecule has 4 nitrogen and oxygen atoms in total. The standard InChI is InChI=1S/C10H9NO3/c12-10(13)6-14-9-5-7-3-1-2-4-8(7)11-9/h1-5,11H,6H2,(H,12,13). The molecule has 0 unspecified atom stereocenters. The summed E-state index contributed by atoms with van der Waals surface area (Å²) in [6, 6.07) is 9.43. The van der Waals surface area contributed by atoms with Crippen LogP contribution in [0.1, 0.15) is 0 Å². The van der Waals surface area contributed by atoms with Crippen molar-refractivity contribution < 1.29 is 14.6 Å². The zero-order valence-corrected chi connectivity index (χ0v) is 7.36. The van der Waals surface area contributed by atoms with Gasteiger partial charge in [0, 0.05) is 17.0 Å². The summed E-state index contributed by atoms with van der Waals surface area (Å²) in [6.07, 6.45) is 0. The molecular weight excluding hydrogens is 182 g/mol. The molecule has 0 radical (unpaired) electrons. The number of nitrogens with one attached hydrogen (secondary N) is 1. The molecule has 0 aliphatic heterocycles. The van der Waals surface area contributed by atoms with Gasteiger partial charge in [0.25, 0.3) is 0 Å². The van der Waals surface area contributed by atoms with Gasteiger partial charge in [0.05, 0.1) is 0 Å². The third-order valence-electron chi connectivity index (χ3n) is 1.86. The SMILES string of the molecule is O=C(O)COc1cc2ccccc2[nH]1. The van der Waals surface area contributed by atoms with Crippen molar-refractivity contribution in [1.82, 2.24) is 4.98 Å². The molecule has 0 saturated heterocycles. The maximum absolute atomic E-state index is 10.2. The van der Waals surface area contributed by atoms with E-state index in [1.165, 1.54) is 0 Å². The topological polar surface area (TPSA) is 62.3 Å². The van der Waals surface area contributed by atoms with Crippen LogP contribution in [0, 0.1) is 0 Å². The lowest BCUT2D eigenvalue weighted by Crippen LogP contribution is -2.09. The molecule has 0 aliphatic rings. The molecule has 0 bridgehead atoms. The van der Waals surface area contributed by atoms with E-state index in [0.29, 0.717) is 5.88 Å². The maximum Gasteiger partial charge on any atom is 0.341 e. The first-order chi connectivity index (χ1) is 6.75. The molecule has 1 heterocycles. The van der Waals surface area contributed by atoms with E-state index in [-0.39, 0.29) is 6.61 Å². The average Bonchev–Trinajstić information content (AvgIpc) is 2.57. The Kier molecular flexibility index (Phi) is 2.10. The molecule has 0 amide bonds. The van der Waals surface area contributed by atoms with Crippen molar-refractivity contribution >= 4 is 16.9 Å². The first kappa shape index (κ1) is 8.62. The van der Waals surface area contributed by atoms with Gasteiger partial charge >= 0.3 is 5.97 Å². The highest BCUT2D eigenvalue weighted by Gasteiger charge is 2.02. The second kappa shape index (κ2) is 3.41. The monoisotopic (exact) mass is 191 g/mol. The zero-order chi connectivity index (χ0) is 9.97. The highest BCUT2D eigenvalue weighted by Crippen LogP contribution is 2.19. The number of H-pyrrole nitrogens is 1. The van der Waals surface area contributed by atoms with Gasteiger partial charge in [-0.15, -0.1) is 0 Å². The Balaban J connectivity index is 2.22. The van der Waals surface area contributed by atoms with Crippen LogP contribution in [0.4, 0.5) is 0 Å². The number of carboxylic acids is 1. The molecule has 2 aromatic rings. The number of aromatic amines is 1. The number of fused-ring (bicyclic) bond motifs is 1. The van der Waals surface area contributed by atoms with Gasteiger partial charge in [-0.3, -0.25) is 0 Å². The summed E-state index contributed by atoms with van der Waals surface area (Å²) in [4.78, 5) is 13.2. The fourth-order valence-corrected chi connectivity index (χ4v) is 1.26. The van der Waals surface area contributed by atoms with Crippen LogP contribution in [0.15, 0.2) is 30.3 Å². The van der Waals surface area contributed by atoms with E-state index >= 15 is 0 Å². The summed E-state index contributed by atoms with van der Waals surface area (Å²) in [5.74, 6) is -0.503.